The Balaban J connectivity index is 2.55. The Morgan fingerprint density at radius 2 is 1.76 bits per heavy atom. The van der Waals surface area contributed by atoms with Crippen molar-refractivity contribution in [3.05, 3.63) is 23.3 Å². The third-order valence-corrected chi connectivity index (χ3v) is 3.74. The number of phenolic OH excluding ortho intramolecular Hbond substituents is 2. The predicted molar refractivity (Wildman–Crippen MR) is 68.2 cm³/mol. The minimum Gasteiger partial charge on any atom is -0.504 e. The molecule has 1 saturated carbocycles. The zero-order valence-electron chi connectivity index (χ0n) is 10.7. The van der Waals surface area contributed by atoms with Gasteiger partial charge in [-0.15, -0.1) is 0 Å². The Labute approximate surface area is 102 Å². The van der Waals surface area contributed by atoms with E-state index in [4.69, 9.17) is 5.73 Å². The van der Waals surface area contributed by atoms with Gasteiger partial charge >= 0.3 is 0 Å². The van der Waals surface area contributed by atoms with Gasteiger partial charge in [0.15, 0.2) is 11.5 Å². The van der Waals surface area contributed by atoms with E-state index in [1.807, 2.05) is 6.07 Å². The van der Waals surface area contributed by atoms with Crippen LogP contribution in [-0.2, 0) is 11.0 Å². The highest BCUT2D eigenvalue weighted by Crippen LogP contribution is 2.46. The van der Waals surface area contributed by atoms with Crippen LogP contribution in [0.5, 0.6) is 11.5 Å². The van der Waals surface area contributed by atoms with Crippen molar-refractivity contribution in [2.75, 3.05) is 0 Å². The quantitative estimate of drug-likeness (QED) is 0.656. The van der Waals surface area contributed by atoms with E-state index < -0.39 is 5.54 Å². The van der Waals surface area contributed by atoms with Crippen molar-refractivity contribution in [3.63, 3.8) is 0 Å². The molecule has 0 aliphatic heterocycles. The molecule has 0 amide bonds. The van der Waals surface area contributed by atoms with Crippen LogP contribution in [0.25, 0.3) is 0 Å². The molecule has 0 spiro atoms. The van der Waals surface area contributed by atoms with Crippen molar-refractivity contribution in [2.24, 2.45) is 5.73 Å². The molecule has 94 valence electrons. The van der Waals surface area contributed by atoms with Gasteiger partial charge in [0.2, 0.25) is 0 Å². The van der Waals surface area contributed by atoms with E-state index >= 15 is 0 Å². The minimum absolute atomic E-state index is 0.0554. The normalized spacial score (nSPS) is 18.8. The maximum absolute atomic E-state index is 9.96. The van der Waals surface area contributed by atoms with Gasteiger partial charge in [0, 0.05) is 11.1 Å². The topological polar surface area (TPSA) is 66.5 Å². The summed E-state index contributed by atoms with van der Waals surface area (Å²) in [5, 5.41) is 19.8. The van der Waals surface area contributed by atoms with Crippen molar-refractivity contribution >= 4 is 0 Å². The van der Waals surface area contributed by atoms with Crippen molar-refractivity contribution in [1.29, 1.82) is 0 Å². The van der Waals surface area contributed by atoms with Gasteiger partial charge in [-0.25, -0.2) is 0 Å². The van der Waals surface area contributed by atoms with Crippen LogP contribution in [0.2, 0.25) is 0 Å². The lowest BCUT2D eigenvalue weighted by atomic mass is 9.71. The number of nitrogens with two attached hydrogens (primary N) is 1. The van der Waals surface area contributed by atoms with Crippen molar-refractivity contribution in [3.8, 4) is 11.5 Å². The fourth-order valence-corrected chi connectivity index (χ4v) is 2.26. The van der Waals surface area contributed by atoms with Gasteiger partial charge in [-0.2, -0.15) is 0 Å². The molecule has 0 heterocycles. The van der Waals surface area contributed by atoms with Gasteiger partial charge in [0.25, 0.3) is 0 Å². The zero-order valence-corrected chi connectivity index (χ0v) is 10.7. The third-order valence-electron chi connectivity index (χ3n) is 3.74. The van der Waals surface area contributed by atoms with Crippen LogP contribution in [0.3, 0.4) is 0 Å². The van der Waals surface area contributed by atoms with E-state index in [0.717, 1.165) is 24.8 Å². The summed E-state index contributed by atoms with van der Waals surface area (Å²) in [4.78, 5) is 0. The second-order valence-corrected chi connectivity index (χ2v) is 6.15. The number of benzene rings is 1. The number of aromatic hydroxyl groups is 2. The van der Waals surface area contributed by atoms with Crippen molar-refractivity contribution in [2.45, 2.75) is 51.0 Å². The lowest BCUT2D eigenvalue weighted by Gasteiger charge is -2.39. The Hall–Kier alpha value is -1.22. The van der Waals surface area contributed by atoms with Crippen LogP contribution in [0.1, 0.15) is 51.2 Å². The smallest absolute Gasteiger partial charge is 0.162 e. The molecule has 1 fully saturated rings. The predicted octanol–water partition coefficient (Wildman–Crippen LogP) is 2.73. The first-order valence-electron chi connectivity index (χ1n) is 6.10. The highest BCUT2D eigenvalue weighted by molar-refractivity contribution is 5.52. The first-order valence-corrected chi connectivity index (χ1v) is 6.10. The summed E-state index contributed by atoms with van der Waals surface area (Å²) in [5.74, 6) is -0.121. The van der Waals surface area contributed by atoms with E-state index in [1.165, 1.54) is 0 Å². The molecule has 0 radical (unpaired) electrons. The summed E-state index contributed by atoms with van der Waals surface area (Å²) < 4.78 is 0. The SMILES string of the molecule is CC(C)(C)c1cc(O)c(O)c(C2(N)CCC2)c1. The van der Waals surface area contributed by atoms with E-state index in [2.05, 4.69) is 20.8 Å². The summed E-state index contributed by atoms with van der Waals surface area (Å²) >= 11 is 0. The van der Waals surface area contributed by atoms with Crippen LogP contribution in [-0.4, -0.2) is 10.2 Å². The molecule has 0 atom stereocenters. The number of hydrogen-bond donors (Lipinski definition) is 3. The average Bonchev–Trinajstić information content (AvgIpc) is 2.17. The Morgan fingerprint density at radius 3 is 2.18 bits per heavy atom. The molecule has 3 nitrogen and oxygen atoms in total. The van der Waals surface area contributed by atoms with Crippen LogP contribution >= 0.6 is 0 Å². The third kappa shape index (κ3) is 2.00. The molecule has 3 heteroatoms. The Morgan fingerprint density at radius 1 is 1.18 bits per heavy atom. The second kappa shape index (κ2) is 3.64. The highest BCUT2D eigenvalue weighted by atomic mass is 16.3. The molecular weight excluding hydrogens is 214 g/mol. The summed E-state index contributed by atoms with van der Waals surface area (Å²) in [6, 6.07) is 3.56. The molecular formula is C14H21NO2. The van der Waals surface area contributed by atoms with Gasteiger partial charge in [-0.1, -0.05) is 20.8 Å². The number of phenols is 2. The lowest BCUT2D eigenvalue weighted by molar-refractivity contribution is 0.242. The monoisotopic (exact) mass is 235 g/mol. The number of hydrogen-bond acceptors (Lipinski definition) is 3. The van der Waals surface area contributed by atoms with Crippen LogP contribution in [0.15, 0.2) is 12.1 Å². The molecule has 1 aromatic carbocycles. The van der Waals surface area contributed by atoms with Crippen LogP contribution < -0.4 is 5.73 Å². The van der Waals surface area contributed by atoms with Gasteiger partial charge in [-0.05, 0) is 42.4 Å². The molecule has 0 saturated heterocycles. The largest absolute Gasteiger partial charge is 0.504 e. The van der Waals surface area contributed by atoms with Gasteiger partial charge in [0.05, 0.1) is 0 Å². The van der Waals surface area contributed by atoms with E-state index in [1.54, 1.807) is 6.07 Å². The first kappa shape index (κ1) is 12.2. The molecule has 0 unspecified atom stereocenters. The molecule has 1 aliphatic carbocycles. The van der Waals surface area contributed by atoms with Crippen molar-refractivity contribution < 1.29 is 10.2 Å². The molecule has 17 heavy (non-hydrogen) atoms. The molecule has 0 bridgehead atoms. The van der Waals surface area contributed by atoms with E-state index in [-0.39, 0.29) is 16.9 Å². The van der Waals surface area contributed by atoms with Crippen molar-refractivity contribution in [1.82, 2.24) is 0 Å². The summed E-state index contributed by atoms with van der Waals surface area (Å²) in [7, 11) is 0. The molecule has 2 rings (SSSR count). The molecule has 4 N–H and O–H groups in total. The maximum atomic E-state index is 9.96. The Bertz CT molecular complexity index is 442. The zero-order chi connectivity index (χ0) is 12.8. The molecule has 1 aromatic rings. The minimum atomic E-state index is -0.456. The van der Waals surface area contributed by atoms with E-state index in [9.17, 15) is 10.2 Å². The maximum Gasteiger partial charge on any atom is 0.162 e. The van der Waals surface area contributed by atoms with Crippen LogP contribution in [0, 0.1) is 0 Å². The molecule has 0 aromatic heterocycles. The van der Waals surface area contributed by atoms with Gasteiger partial charge in [0.1, 0.15) is 0 Å². The Kier molecular flexibility index (Phi) is 2.62. The fraction of sp³-hybridized carbons (Fsp3) is 0.571. The highest BCUT2D eigenvalue weighted by Gasteiger charge is 2.38. The van der Waals surface area contributed by atoms with Crippen LogP contribution in [0.4, 0.5) is 0 Å². The summed E-state index contributed by atoms with van der Waals surface area (Å²) in [6.45, 7) is 6.23. The lowest BCUT2D eigenvalue weighted by Crippen LogP contribution is -2.43. The fourth-order valence-electron chi connectivity index (χ4n) is 2.26. The standard InChI is InChI=1S/C14H21NO2/c1-13(2,3)9-7-10(12(17)11(16)8-9)14(15)5-4-6-14/h7-8,16-17H,4-6,15H2,1-3H3. The summed E-state index contributed by atoms with van der Waals surface area (Å²) in [5.41, 5.74) is 7.40. The summed E-state index contributed by atoms with van der Waals surface area (Å²) in [6.07, 6.45) is 2.82. The van der Waals surface area contributed by atoms with E-state index in [0.29, 0.717) is 5.56 Å². The average molecular weight is 235 g/mol. The first-order chi connectivity index (χ1) is 7.74. The van der Waals surface area contributed by atoms with Gasteiger partial charge in [-0.3, -0.25) is 0 Å². The molecule has 1 aliphatic rings. The number of rotatable bonds is 1. The van der Waals surface area contributed by atoms with Gasteiger partial charge < -0.3 is 15.9 Å². The second-order valence-electron chi connectivity index (χ2n) is 6.15.